The Hall–Kier alpha value is -2.21. The molecule has 1 N–H and O–H groups in total. The van der Waals surface area contributed by atoms with Crippen LogP contribution in [0.5, 0.6) is 0 Å². The van der Waals surface area contributed by atoms with Gasteiger partial charge in [-0.3, -0.25) is 4.79 Å². The van der Waals surface area contributed by atoms with E-state index in [4.69, 9.17) is 0 Å². The van der Waals surface area contributed by atoms with Crippen LogP contribution in [0.15, 0.2) is 51.0 Å². The summed E-state index contributed by atoms with van der Waals surface area (Å²) in [6.07, 6.45) is 0. The third kappa shape index (κ3) is 2.70. The summed E-state index contributed by atoms with van der Waals surface area (Å²) in [5, 5.41) is 0. The molecular weight excluding hydrogens is 278 g/mol. The largest absolute Gasteiger partial charge is 0.465 e. The number of aryl methyl sites for hydroxylation is 1. The van der Waals surface area contributed by atoms with E-state index < -0.39 is 22.3 Å². The summed E-state index contributed by atoms with van der Waals surface area (Å²) in [5.74, 6) is -0.752. The normalized spacial score (nSPS) is 11.9. The van der Waals surface area contributed by atoms with Gasteiger partial charge in [-0.2, -0.15) is 0 Å². The number of nitrogens with one attached hydrogen (secondary N) is 1. The van der Waals surface area contributed by atoms with Crippen LogP contribution in [0.1, 0.15) is 16.1 Å². The number of hydrogen-bond acceptors (Lipinski definition) is 4. The maximum Gasteiger partial charge on any atom is 0.343 e. The van der Waals surface area contributed by atoms with E-state index in [-0.39, 0.29) is 5.56 Å². The lowest BCUT2D eigenvalue weighted by molar-refractivity contribution is 0.0598. The Morgan fingerprint density at radius 3 is 2.50 bits per heavy atom. The van der Waals surface area contributed by atoms with Crippen LogP contribution in [0, 0.1) is 6.92 Å². The van der Waals surface area contributed by atoms with Crippen LogP contribution in [0.2, 0.25) is 0 Å². The summed E-state index contributed by atoms with van der Waals surface area (Å²) in [6, 6.07) is 10.1. The van der Waals surface area contributed by atoms with Gasteiger partial charge in [0, 0.05) is 10.6 Å². The minimum absolute atomic E-state index is 0.155. The first-order valence-electron chi connectivity index (χ1n) is 5.83. The number of benzene rings is 1. The molecule has 1 unspecified atom stereocenters. The van der Waals surface area contributed by atoms with Gasteiger partial charge in [-0.15, -0.1) is 0 Å². The van der Waals surface area contributed by atoms with Gasteiger partial charge in [0.15, 0.2) is 0 Å². The monoisotopic (exact) mass is 291 g/mol. The van der Waals surface area contributed by atoms with Crippen LogP contribution in [-0.4, -0.2) is 22.3 Å². The molecule has 0 aliphatic rings. The minimum atomic E-state index is -1.47. The fourth-order valence-corrected chi connectivity index (χ4v) is 2.94. The van der Waals surface area contributed by atoms with Gasteiger partial charge in [-0.05, 0) is 25.1 Å². The Balaban J connectivity index is 2.55. The number of carbonyl (C=O) groups excluding carboxylic acids is 1. The van der Waals surface area contributed by atoms with Crippen molar-refractivity contribution in [1.29, 1.82) is 0 Å². The maximum atomic E-state index is 12.5. The average Bonchev–Trinajstić information content (AvgIpc) is 2.47. The van der Waals surface area contributed by atoms with E-state index in [9.17, 15) is 13.8 Å². The summed E-state index contributed by atoms with van der Waals surface area (Å²) >= 11 is 0. The standard InChI is InChI=1S/C14H13NO4S/c1-9-12(20(18)10-6-4-3-5-7-10)8-11(13(16)15-9)14(17)19-2/h3-8H,1-2H3,(H,15,16). The zero-order valence-corrected chi connectivity index (χ0v) is 11.8. The molecule has 1 aromatic carbocycles. The zero-order valence-electron chi connectivity index (χ0n) is 11.0. The molecule has 1 heterocycles. The highest BCUT2D eigenvalue weighted by molar-refractivity contribution is 7.85. The highest BCUT2D eigenvalue weighted by Crippen LogP contribution is 2.18. The van der Waals surface area contributed by atoms with Gasteiger partial charge in [0.25, 0.3) is 5.56 Å². The van der Waals surface area contributed by atoms with Crippen LogP contribution >= 0.6 is 0 Å². The number of ether oxygens (including phenoxy) is 1. The average molecular weight is 291 g/mol. The first-order chi connectivity index (χ1) is 9.54. The van der Waals surface area contributed by atoms with E-state index in [2.05, 4.69) is 9.72 Å². The molecule has 6 heteroatoms. The van der Waals surface area contributed by atoms with Crippen molar-refractivity contribution in [2.75, 3.05) is 7.11 Å². The maximum absolute atomic E-state index is 12.5. The van der Waals surface area contributed by atoms with Crippen molar-refractivity contribution in [2.24, 2.45) is 0 Å². The highest BCUT2D eigenvalue weighted by atomic mass is 32.2. The van der Waals surface area contributed by atoms with E-state index >= 15 is 0 Å². The topological polar surface area (TPSA) is 76.2 Å². The molecule has 104 valence electrons. The Kier molecular flexibility index (Phi) is 4.14. The second kappa shape index (κ2) is 5.83. The predicted octanol–water partition coefficient (Wildman–Crippen LogP) is 1.64. The SMILES string of the molecule is COC(=O)c1cc(S(=O)c2ccccc2)c(C)[nH]c1=O. The number of aromatic amines is 1. The summed E-state index contributed by atoms with van der Waals surface area (Å²) < 4.78 is 17.0. The van der Waals surface area contributed by atoms with Crippen molar-refractivity contribution < 1.29 is 13.7 Å². The Bertz CT molecular complexity index is 722. The summed E-state index contributed by atoms with van der Waals surface area (Å²) in [6.45, 7) is 1.64. The Morgan fingerprint density at radius 1 is 1.25 bits per heavy atom. The molecule has 0 fully saturated rings. The van der Waals surface area contributed by atoms with Gasteiger partial charge in [0.1, 0.15) is 5.56 Å². The Labute approximate surface area is 118 Å². The van der Waals surface area contributed by atoms with Gasteiger partial charge >= 0.3 is 5.97 Å². The number of pyridine rings is 1. The molecule has 0 aliphatic carbocycles. The van der Waals surface area contributed by atoms with Gasteiger partial charge < -0.3 is 9.72 Å². The highest BCUT2D eigenvalue weighted by Gasteiger charge is 2.17. The molecule has 0 bridgehead atoms. The fraction of sp³-hybridized carbons (Fsp3) is 0.143. The summed E-state index contributed by atoms with van der Waals surface area (Å²) in [7, 11) is -0.283. The molecule has 0 saturated heterocycles. The second-order valence-electron chi connectivity index (χ2n) is 4.07. The van der Waals surface area contributed by atoms with Gasteiger partial charge in [-0.25, -0.2) is 9.00 Å². The molecule has 0 amide bonds. The van der Waals surface area contributed by atoms with Crippen LogP contribution < -0.4 is 5.56 Å². The molecule has 2 aromatic rings. The van der Waals surface area contributed by atoms with Crippen LogP contribution in [0.3, 0.4) is 0 Å². The number of carbonyl (C=O) groups is 1. The number of methoxy groups -OCH3 is 1. The number of rotatable bonds is 3. The number of H-pyrrole nitrogens is 1. The lowest BCUT2D eigenvalue weighted by Gasteiger charge is -2.07. The molecular formula is C14H13NO4S. The van der Waals surface area contributed by atoms with Gasteiger partial charge in [0.05, 0.1) is 22.8 Å². The number of hydrogen-bond donors (Lipinski definition) is 1. The smallest absolute Gasteiger partial charge is 0.343 e. The van der Waals surface area contributed by atoms with Crippen LogP contribution in [0.4, 0.5) is 0 Å². The first kappa shape index (κ1) is 14.2. The van der Waals surface area contributed by atoms with E-state index in [0.717, 1.165) is 0 Å². The molecule has 20 heavy (non-hydrogen) atoms. The molecule has 1 aromatic heterocycles. The lowest BCUT2D eigenvalue weighted by Crippen LogP contribution is -2.21. The van der Waals surface area contributed by atoms with E-state index in [1.165, 1.54) is 13.2 Å². The van der Waals surface area contributed by atoms with E-state index in [1.54, 1.807) is 31.2 Å². The molecule has 0 radical (unpaired) electrons. The zero-order chi connectivity index (χ0) is 14.7. The Morgan fingerprint density at radius 2 is 1.90 bits per heavy atom. The quantitative estimate of drug-likeness (QED) is 0.872. The third-order valence-electron chi connectivity index (χ3n) is 2.75. The number of esters is 1. The first-order valence-corrected chi connectivity index (χ1v) is 6.98. The van der Waals surface area contributed by atoms with E-state index in [0.29, 0.717) is 15.5 Å². The number of aromatic nitrogens is 1. The van der Waals surface area contributed by atoms with Crippen molar-refractivity contribution in [3.63, 3.8) is 0 Å². The van der Waals surface area contributed by atoms with Gasteiger partial charge in [0.2, 0.25) is 0 Å². The molecule has 5 nitrogen and oxygen atoms in total. The van der Waals surface area contributed by atoms with Crippen LogP contribution in [-0.2, 0) is 15.5 Å². The van der Waals surface area contributed by atoms with Crippen molar-refractivity contribution in [3.05, 3.63) is 58.0 Å². The summed E-state index contributed by atoms with van der Waals surface area (Å²) in [4.78, 5) is 26.7. The fourth-order valence-electron chi connectivity index (χ4n) is 1.73. The predicted molar refractivity (Wildman–Crippen MR) is 74.3 cm³/mol. The second-order valence-corrected chi connectivity index (χ2v) is 5.52. The third-order valence-corrected chi connectivity index (χ3v) is 4.28. The van der Waals surface area contributed by atoms with Gasteiger partial charge in [-0.1, -0.05) is 18.2 Å². The molecule has 0 saturated carbocycles. The van der Waals surface area contributed by atoms with Crippen molar-refractivity contribution in [3.8, 4) is 0 Å². The molecule has 0 spiro atoms. The lowest BCUT2D eigenvalue weighted by atomic mass is 10.2. The minimum Gasteiger partial charge on any atom is -0.465 e. The van der Waals surface area contributed by atoms with E-state index in [1.807, 2.05) is 6.07 Å². The molecule has 1 atom stereocenters. The summed E-state index contributed by atoms with van der Waals surface area (Å²) in [5.41, 5.74) is -0.245. The van der Waals surface area contributed by atoms with Crippen molar-refractivity contribution in [2.45, 2.75) is 16.7 Å². The van der Waals surface area contributed by atoms with Crippen LogP contribution in [0.25, 0.3) is 0 Å². The van der Waals surface area contributed by atoms with Crippen molar-refractivity contribution >= 4 is 16.8 Å². The molecule has 0 aliphatic heterocycles. The molecule has 2 rings (SSSR count). The van der Waals surface area contributed by atoms with Crippen molar-refractivity contribution in [1.82, 2.24) is 4.98 Å².